The molecular weight excluding hydrogens is 254 g/mol. The maximum absolute atomic E-state index is 9.21. The summed E-state index contributed by atoms with van der Waals surface area (Å²) in [5.74, 6) is 0.892. The van der Waals surface area contributed by atoms with Crippen LogP contribution in [0.3, 0.4) is 0 Å². The van der Waals surface area contributed by atoms with Crippen molar-refractivity contribution in [2.45, 2.75) is 6.54 Å². The Labute approximate surface area is 115 Å². The van der Waals surface area contributed by atoms with Gasteiger partial charge >= 0.3 is 0 Å². The van der Waals surface area contributed by atoms with E-state index in [2.05, 4.69) is 20.4 Å². The second kappa shape index (κ2) is 5.40. The molecule has 0 fully saturated rings. The van der Waals surface area contributed by atoms with E-state index in [1.54, 1.807) is 29.2 Å². The summed E-state index contributed by atoms with van der Waals surface area (Å²) < 4.78 is 1.70. The fourth-order valence-electron chi connectivity index (χ4n) is 1.82. The Balaban J connectivity index is 1.79. The number of aromatic hydroxyl groups is 1. The summed E-state index contributed by atoms with van der Waals surface area (Å²) in [4.78, 5) is 8.46. The molecule has 6 nitrogen and oxygen atoms in total. The fourth-order valence-corrected chi connectivity index (χ4v) is 1.82. The van der Waals surface area contributed by atoms with Gasteiger partial charge in [-0.1, -0.05) is 0 Å². The molecule has 0 aliphatic carbocycles. The highest BCUT2D eigenvalue weighted by Gasteiger charge is 2.05. The van der Waals surface area contributed by atoms with Crippen molar-refractivity contribution in [2.24, 2.45) is 0 Å². The first-order valence-electron chi connectivity index (χ1n) is 6.16. The Morgan fingerprint density at radius 3 is 2.80 bits per heavy atom. The van der Waals surface area contributed by atoms with E-state index in [0.717, 1.165) is 17.2 Å². The second-order valence-corrected chi connectivity index (χ2v) is 4.19. The summed E-state index contributed by atoms with van der Waals surface area (Å²) in [7, 11) is 0. The summed E-state index contributed by atoms with van der Waals surface area (Å²) in [6.07, 6.45) is 6.70. The standard InChI is InChI=1S/C14H13N5O/c20-12-5-4-11(16-10-12)9-17-13-3-1-6-15-14(13)19-8-2-7-18-19/h1-8,10,17,20H,9H2. The molecule has 0 aliphatic heterocycles. The Hall–Kier alpha value is -2.89. The quantitative estimate of drug-likeness (QED) is 0.756. The normalized spacial score (nSPS) is 10.4. The van der Waals surface area contributed by atoms with Crippen LogP contribution in [0.5, 0.6) is 5.75 Å². The molecule has 0 unspecified atom stereocenters. The first-order chi connectivity index (χ1) is 9.83. The number of rotatable bonds is 4. The molecular formula is C14H13N5O. The van der Waals surface area contributed by atoms with E-state index >= 15 is 0 Å². The van der Waals surface area contributed by atoms with E-state index in [-0.39, 0.29) is 5.75 Å². The van der Waals surface area contributed by atoms with Crippen molar-refractivity contribution in [1.29, 1.82) is 0 Å². The zero-order valence-electron chi connectivity index (χ0n) is 10.6. The lowest BCUT2D eigenvalue weighted by Gasteiger charge is -2.10. The lowest BCUT2D eigenvalue weighted by Crippen LogP contribution is -2.07. The molecule has 0 amide bonds. The molecule has 2 N–H and O–H groups in total. The summed E-state index contributed by atoms with van der Waals surface area (Å²) in [6, 6.07) is 9.03. The van der Waals surface area contributed by atoms with Gasteiger partial charge in [-0.05, 0) is 30.3 Å². The van der Waals surface area contributed by atoms with Crippen molar-refractivity contribution in [2.75, 3.05) is 5.32 Å². The molecule has 0 bridgehead atoms. The first kappa shape index (κ1) is 12.2. The van der Waals surface area contributed by atoms with Crippen molar-refractivity contribution < 1.29 is 5.11 Å². The fraction of sp³-hybridized carbons (Fsp3) is 0.0714. The van der Waals surface area contributed by atoms with Crippen molar-refractivity contribution >= 4 is 5.69 Å². The van der Waals surface area contributed by atoms with Gasteiger partial charge in [-0.2, -0.15) is 5.10 Å². The minimum absolute atomic E-state index is 0.160. The first-order valence-corrected chi connectivity index (χ1v) is 6.16. The average molecular weight is 267 g/mol. The topological polar surface area (TPSA) is 75.9 Å². The van der Waals surface area contributed by atoms with E-state index in [4.69, 9.17) is 0 Å². The molecule has 100 valence electrons. The number of anilines is 1. The number of aromatic nitrogens is 4. The summed E-state index contributed by atoms with van der Waals surface area (Å²) in [6.45, 7) is 0.542. The highest BCUT2D eigenvalue weighted by atomic mass is 16.3. The smallest absolute Gasteiger partial charge is 0.176 e. The summed E-state index contributed by atoms with van der Waals surface area (Å²) >= 11 is 0. The molecule has 3 rings (SSSR count). The summed E-state index contributed by atoms with van der Waals surface area (Å²) in [5.41, 5.74) is 1.70. The van der Waals surface area contributed by atoms with Gasteiger partial charge in [-0.3, -0.25) is 4.98 Å². The van der Waals surface area contributed by atoms with Crippen LogP contribution in [0, 0.1) is 0 Å². The van der Waals surface area contributed by atoms with Gasteiger partial charge in [0.2, 0.25) is 0 Å². The second-order valence-electron chi connectivity index (χ2n) is 4.19. The Bertz CT molecular complexity index is 679. The molecule has 3 heterocycles. The van der Waals surface area contributed by atoms with Crippen LogP contribution in [0.4, 0.5) is 5.69 Å². The lowest BCUT2D eigenvalue weighted by atomic mass is 10.3. The number of nitrogens with one attached hydrogen (secondary N) is 1. The van der Waals surface area contributed by atoms with Gasteiger partial charge in [0.25, 0.3) is 0 Å². The van der Waals surface area contributed by atoms with Gasteiger partial charge in [0.15, 0.2) is 5.82 Å². The van der Waals surface area contributed by atoms with Crippen molar-refractivity contribution in [3.05, 3.63) is 60.8 Å². The average Bonchev–Trinajstić information content (AvgIpc) is 3.01. The van der Waals surface area contributed by atoms with Crippen LogP contribution in [-0.2, 0) is 6.54 Å². The van der Waals surface area contributed by atoms with Gasteiger partial charge < -0.3 is 10.4 Å². The van der Waals surface area contributed by atoms with Crippen LogP contribution in [0.2, 0.25) is 0 Å². The highest BCUT2D eigenvalue weighted by molar-refractivity contribution is 5.56. The minimum atomic E-state index is 0.160. The third kappa shape index (κ3) is 2.59. The monoisotopic (exact) mass is 267 g/mol. The van der Waals surface area contributed by atoms with Gasteiger partial charge in [0, 0.05) is 18.6 Å². The number of nitrogens with zero attached hydrogens (tertiary/aromatic N) is 4. The van der Waals surface area contributed by atoms with Crippen LogP contribution < -0.4 is 5.32 Å². The largest absolute Gasteiger partial charge is 0.506 e. The van der Waals surface area contributed by atoms with Gasteiger partial charge in [0.1, 0.15) is 5.75 Å². The van der Waals surface area contributed by atoms with E-state index in [1.807, 2.05) is 24.4 Å². The molecule has 3 aromatic rings. The van der Waals surface area contributed by atoms with Gasteiger partial charge in [0.05, 0.1) is 24.1 Å². The van der Waals surface area contributed by atoms with E-state index < -0.39 is 0 Å². The molecule has 0 aliphatic rings. The number of pyridine rings is 2. The van der Waals surface area contributed by atoms with Gasteiger partial charge in [-0.15, -0.1) is 0 Å². The SMILES string of the molecule is Oc1ccc(CNc2cccnc2-n2cccn2)nc1. The van der Waals surface area contributed by atoms with Crippen molar-refractivity contribution in [1.82, 2.24) is 19.7 Å². The summed E-state index contributed by atoms with van der Waals surface area (Å²) in [5, 5.41) is 16.7. The van der Waals surface area contributed by atoms with E-state index in [9.17, 15) is 5.11 Å². The molecule has 0 aromatic carbocycles. The van der Waals surface area contributed by atoms with Crippen LogP contribution >= 0.6 is 0 Å². The Kier molecular flexibility index (Phi) is 3.28. The molecule has 0 saturated heterocycles. The predicted octanol–water partition coefficient (Wildman–Crippen LogP) is 1.98. The predicted molar refractivity (Wildman–Crippen MR) is 74.6 cm³/mol. The molecule has 0 spiro atoms. The molecule has 6 heteroatoms. The van der Waals surface area contributed by atoms with E-state index in [0.29, 0.717) is 6.54 Å². The third-order valence-electron chi connectivity index (χ3n) is 2.78. The van der Waals surface area contributed by atoms with Crippen LogP contribution in [0.15, 0.2) is 55.1 Å². The minimum Gasteiger partial charge on any atom is -0.506 e. The highest BCUT2D eigenvalue weighted by Crippen LogP contribution is 2.17. The van der Waals surface area contributed by atoms with Crippen molar-refractivity contribution in [3.8, 4) is 11.6 Å². The zero-order valence-corrected chi connectivity index (χ0v) is 10.6. The molecule has 3 aromatic heterocycles. The Morgan fingerprint density at radius 1 is 1.10 bits per heavy atom. The molecule has 0 saturated carbocycles. The van der Waals surface area contributed by atoms with Crippen LogP contribution in [0.1, 0.15) is 5.69 Å². The zero-order chi connectivity index (χ0) is 13.8. The molecule has 20 heavy (non-hydrogen) atoms. The van der Waals surface area contributed by atoms with Crippen LogP contribution in [-0.4, -0.2) is 24.9 Å². The van der Waals surface area contributed by atoms with E-state index in [1.165, 1.54) is 6.20 Å². The van der Waals surface area contributed by atoms with Crippen molar-refractivity contribution in [3.63, 3.8) is 0 Å². The third-order valence-corrected chi connectivity index (χ3v) is 2.78. The van der Waals surface area contributed by atoms with Gasteiger partial charge in [-0.25, -0.2) is 9.67 Å². The maximum atomic E-state index is 9.21. The molecule has 0 radical (unpaired) electrons. The number of hydrogen-bond acceptors (Lipinski definition) is 5. The molecule has 0 atom stereocenters. The lowest BCUT2D eigenvalue weighted by molar-refractivity contribution is 0.472. The Morgan fingerprint density at radius 2 is 2.05 bits per heavy atom. The van der Waals surface area contributed by atoms with Crippen LogP contribution in [0.25, 0.3) is 5.82 Å². The number of hydrogen-bond donors (Lipinski definition) is 2. The maximum Gasteiger partial charge on any atom is 0.176 e.